The highest BCUT2D eigenvalue weighted by Crippen LogP contribution is 2.21. The van der Waals surface area contributed by atoms with Gasteiger partial charge in [0.1, 0.15) is 9.79 Å². The SMILES string of the molecule is O=C1NS(=O)(=O)c2ccccc2C(=O)NS(=O)(=O)c2ccccc21. The van der Waals surface area contributed by atoms with E-state index in [9.17, 15) is 26.4 Å². The Labute approximate surface area is 137 Å². The maximum absolute atomic E-state index is 12.4. The Morgan fingerprint density at radius 3 is 1.29 bits per heavy atom. The van der Waals surface area contributed by atoms with Crippen molar-refractivity contribution in [3.63, 3.8) is 0 Å². The molecule has 2 aromatic carbocycles. The molecular formula is C14H10N2O6S2. The van der Waals surface area contributed by atoms with Gasteiger partial charge in [-0.15, -0.1) is 0 Å². The van der Waals surface area contributed by atoms with E-state index in [1.807, 2.05) is 0 Å². The monoisotopic (exact) mass is 366 g/mol. The van der Waals surface area contributed by atoms with Crippen molar-refractivity contribution in [2.45, 2.75) is 9.79 Å². The summed E-state index contributed by atoms with van der Waals surface area (Å²) < 4.78 is 53.1. The molecular weight excluding hydrogens is 356 g/mol. The lowest BCUT2D eigenvalue weighted by Crippen LogP contribution is -2.38. The van der Waals surface area contributed by atoms with E-state index in [4.69, 9.17) is 0 Å². The van der Waals surface area contributed by atoms with Crippen molar-refractivity contribution in [1.29, 1.82) is 0 Å². The van der Waals surface area contributed by atoms with Crippen LogP contribution in [0.3, 0.4) is 0 Å². The topological polar surface area (TPSA) is 126 Å². The van der Waals surface area contributed by atoms with Crippen molar-refractivity contribution < 1.29 is 26.4 Å². The van der Waals surface area contributed by atoms with Gasteiger partial charge in [-0.1, -0.05) is 24.3 Å². The largest absolute Gasteiger partial charge is 0.268 e. The second kappa shape index (κ2) is 5.42. The van der Waals surface area contributed by atoms with Crippen LogP contribution in [0.25, 0.3) is 0 Å². The average molecular weight is 366 g/mol. The van der Waals surface area contributed by atoms with Gasteiger partial charge in [0, 0.05) is 0 Å². The van der Waals surface area contributed by atoms with Gasteiger partial charge in [0.2, 0.25) is 0 Å². The quantitative estimate of drug-likeness (QED) is 0.688. The first kappa shape index (κ1) is 16.1. The molecule has 0 unspecified atom stereocenters. The van der Waals surface area contributed by atoms with E-state index < -0.39 is 41.7 Å². The second-order valence-corrected chi connectivity index (χ2v) is 8.16. The molecule has 0 spiro atoms. The summed E-state index contributed by atoms with van der Waals surface area (Å²) in [5.74, 6) is -2.22. The summed E-state index contributed by atoms with van der Waals surface area (Å²) in [6.07, 6.45) is 0. The smallest absolute Gasteiger partial charge is 0.266 e. The summed E-state index contributed by atoms with van der Waals surface area (Å²) in [4.78, 5) is 23.5. The Morgan fingerprint density at radius 1 is 0.583 bits per heavy atom. The van der Waals surface area contributed by atoms with E-state index in [0.29, 0.717) is 0 Å². The Bertz CT molecular complexity index is 986. The summed E-state index contributed by atoms with van der Waals surface area (Å²) in [5, 5.41) is 0. The van der Waals surface area contributed by atoms with E-state index in [-0.39, 0.29) is 11.1 Å². The van der Waals surface area contributed by atoms with Crippen LogP contribution in [0.4, 0.5) is 0 Å². The minimum Gasteiger partial charge on any atom is -0.268 e. The predicted molar refractivity (Wildman–Crippen MR) is 82.2 cm³/mol. The van der Waals surface area contributed by atoms with Gasteiger partial charge < -0.3 is 0 Å². The van der Waals surface area contributed by atoms with Gasteiger partial charge in [0.05, 0.1) is 11.1 Å². The van der Waals surface area contributed by atoms with E-state index in [1.54, 1.807) is 9.44 Å². The number of sulfonamides is 2. The number of fused-ring (bicyclic) bond motifs is 2. The van der Waals surface area contributed by atoms with Gasteiger partial charge in [-0.25, -0.2) is 26.3 Å². The fourth-order valence-corrected chi connectivity index (χ4v) is 4.59. The van der Waals surface area contributed by atoms with Crippen LogP contribution in [0.15, 0.2) is 58.3 Å². The third kappa shape index (κ3) is 2.65. The highest BCUT2D eigenvalue weighted by atomic mass is 32.2. The van der Waals surface area contributed by atoms with Gasteiger partial charge in [-0.3, -0.25) is 9.59 Å². The number of carbonyl (C=O) groups excluding carboxylic acids is 2. The fourth-order valence-electron chi connectivity index (χ4n) is 2.24. The zero-order valence-corrected chi connectivity index (χ0v) is 13.5. The zero-order valence-electron chi connectivity index (χ0n) is 11.9. The summed E-state index contributed by atoms with van der Waals surface area (Å²) in [6, 6.07) is 9.96. The lowest BCUT2D eigenvalue weighted by Gasteiger charge is -2.16. The maximum atomic E-state index is 12.4. The van der Waals surface area contributed by atoms with Crippen molar-refractivity contribution in [3.8, 4) is 0 Å². The van der Waals surface area contributed by atoms with Gasteiger partial charge in [0.15, 0.2) is 0 Å². The van der Waals surface area contributed by atoms with E-state index in [0.717, 1.165) is 24.3 Å². The number of hydrogen-bond acceptors (Lipinski definition) is 6. The Hall–Kier alpha value is -2.72. The van der Waals surface area contributed by atoms with Gasteiger partial charge in [-0.2, -0.15) is 0 Å². The lowest BCUT2D eigenvalue weighted by atomic mass is 10.2. The number of amides is 2. The van der Waals surface area contributed by atoms with Crippen LogP contribution in [-0.4, -0.2) is 28.6 Å². The number of benzene rings is 2. The van der Waals surface area contributed by atoms with Crippen LogP contribution >= 0.6 is 0 Å². The summed E-state index contributed by atoms with van der Waals surface area (Å²) in [7, 11) is -8.72. The molecule has 0 saturated carbocycles. The van der Waals surface area contributed by atoms with Crippen LogP contribution in [0.1, 0.15) is 20.7 Å². The molecule has 0 bridgehead atoms. The number of rotatable bonds is 0. The average Bonchev–Trinajstić information content (AvgIpc) is 2.53. The van der Waals surface area contributed by atoms with Crippen molar-refractivity contribution in [2.75, 3.05) is 0 Å². The van der Waals surface area contributed by atoms with Gasteiger partial charge in [-0.05, 0) is 24.3 Å². The van der Waals surface area contributed by atoms with Crippen LogP contribution in [0.2, 0.25) is 0 Å². The van der Waals surface area contributed by atoms with Crippen LogP contribution in [-0.2, 0) is 20.0 Å². The molecule has 124 valence electrons. The zero-order chi connectivity index (χ0) is 17.5. The molecule has 24 heavy (non-hydrogen) atoms. The molecule has 0 aromatic heterocycles. The number of nitrogens with one attached hydrogen (secondary N) is 2. The van der Waals surface area contributed by atoms with Crippen molar-refractivity contribution >= 4 is 31.9 Å². The van der Waals surface area contributed by atoms with Crippen LogP contribution in [0.5, 0.6) is 0 Å². The second-order valence-electron chi connectivity index (χ2n) is 4.86. The summed E-state index contributed by atoms with van der Waals surface area (Å²) >= 11 is 0. The first-order valence-electron chi connectivity index (χ1n) is 6.55. The molecule has 2 N–H and O–H groups in total. The molecule has 0 aliphatic carbocycles. The molecule has 2 amide bonds. The number of carbonyl (C=O) groups is 2. The molecule has 3 rings (SSSR count). The fraction of sp³-hybridized carbons (Fsp3) is 0. The molecule has 1 aliphatic rings. The van der Waals surface area contributed by atoms with E-state index in [1.165, 1.54) is 24.3 Å². The third-order valence-electron chi connectivity index (χ3n) is 3.30. The Balaban J connectivity index is 2.32. The van der Waals surface area contributed by atoms with Gasteiger partial charge in [0.25, 0.3) is 31.9 Å². The van der Waals surface area contributed by atoms with Crippen molar-refractivity contribution in [2.24, 2.45) is 0 Å². The van der Waals surface area contributed by atoms with Crippen molar-refractivity contribution in [3.05, 3.63) is 59.7 Å². The molecule has 10 heteroatoms. The minimum absolute atomic E-state index is 0.388. The van der Waals surface area contributed by atoms with Crippen LogP contribution < -0.4 is 9.44 Å². The van der Waals surface area contributed by atoms with Crippen molar-refractivity contribution in [1.82, 2.24) is 9.44 Å². The molecule has 8 nitrogen and oxygen atoms in total. The molecule has 1 heterocycles. The van der Waals surface area contributed by atoms with E-state index >= 15 is 0 Å². The summed E-state index contributed by atoms with van der Waals surface area (Å²) in [6.45, 7) is 0. The molecule has 0 radical (unpaired) electrons. The molecule has 0 atom stereocenters. The highest BCUT2D eigenvalue weighted by molar-refractivity contribution is 7.91. The van der Waals surface area contributed by atoms with Crippen LogP contribution in [0, 0.1) is 0 Å². The Morgan fingerprint density at radius 2 is 0.917 bits per heavy atom. The minimum atomic E-state index is -4.36. The molecule has 1 aliphatic heterocycles. The van der Waals surface area contributed by atoms with Gasteiger partial charge >= 0.3 is 0 Å². The lowest BCUT2D eigenvalue weighted by molar-refractivity contribution is 0.0962. The van der Waals surface area contributed by atoms with E-state index in [2.05, 4.69) is 0 Å². The maximum Gasteiger partial charge on any atom is 0.266 e. The first-order chi connectivity index (χ1) is 11.2. The highest BCUT2D eigenvalue weighted by Gasteiger charge is 2.32. The molecule has 0 saturated heterocycles. The molecule has 2 aromatic rings. The first-order valence-corrected chi connectivity index (χ1v) is 9.51. The standard InChI is InChI=1S/C14H10N2O6S2/c17-13-9-5-1-3-7-11(9)23(19,20)16-14(18)10-6-2-4-8-12(10)24(21,22)15-13/h1-8H,(H,15,17)(H,16,18). The summed E-state index contributed by atoms with van der Waals surface area (Å²) in [5.41, 5.74) is -0.776. The predicted octanol–water partition coefficient (Wildman–Crippen LogP) is 0.237. The molecule has 0 fully saturated rings. The normalized spacial score (nSPS) is 18.5. The third-order valence-corrected chi connectivity index (χ3v) is 6.07. The Kier molecular flexibility index (Phi) is 3.65. The number of hydrogen-bond donors (Lipinski definition) is 2.